The van der Waals surface area contributed by atoms with E-state index >= 15 is 0 Å². The zero-order chi connectivity index (χ0) is 45.6. The normalized spacial score (nSPS) is 12.1. The highest BCUT2D eigenvalue weighted by molar-refractivity contribution is 5.99. The van der Waals surface area contributed by atoms with E-state index < -0.39 is 0 Å². The highest BCUT2D eigenvalue weighted by Crippen LogP contribution is 2.32. The minimum Gasteiger partial charge on any atom is -0.348 e. The van der Waals surface area contributed by atoms with Crippen LogP contribution in [0.1, 0.15) is 169 Å². The summed E-state index contributed by atoms with van der Waals surface area (Å²) in [4.78, 5) is 52.8. The summed E-state index contributed by atoms with van der Waals surface area (Å²) in [5.74, 6) is -0.810. The van der Waals surface area contributed by atoms with E-state index in [2.05, 4.69) is 116 Å². The van der Waals surface area contributed by atoms with Crippen LogP contribution in [0, 0.1) is 0 Å². The van der Waals surface area contributed by atoms with Gasteiger partial charge in [-0.1, -0.05) is 150 Å². The van der Waals surface area contributed by atoms with Gasteiger partial charge in [-0.25, -0.2) is 0 Å². The van der Waals surface area contributed by atoms with E-state index in [9.17, 15) is 19.2 Å². The monoisotopic (exact) mass is 835 g/mol. The first-order chi connectivity index (χ1) is 28.9. The Kier molecular flexibility index (Phi) is 14.4. The van der Waals surface area contributed by atoms with Gasteiger partial charge in [-0.3, -0.25) is 19.2 Å². The third-order valence-corrected chi connectivity index (χ3v) is 11.1. The van der Waals surface area contributed by atoms with Crippen molar-refractivity contribution in [2.45, 2.75) is 131 Å². The molecule has 0 aliphatic carbocycles. The van der Waals surface area contributed by atoms with Gasteiger partial charge in [-0.15, -0.1) is 0 Å². The fourth-order valence-corrected chi connectivity index (χ4v) is 6.74. The van der Waals surface area contributed by atoms with Gasteiger partial charge in [-0.2, -0.15) is 0 Å². The number of carbonyl (C=O) groups is 4. The van der Waals surface area contributed by atoms with Gasteiger partial charge in [0, 0.05) is 48.4 Å². The number of hydrogen-bond acceptors (Lipinski definition) is 4. The van der Waals surface area contributed by atoms with Crippen LogP contribution in [-0.4, -0.2) is 23.6 Å². The molecule has 62 heavy (non-hydrogen) atoms. The summed E-state index contributed by atoms with van der Waals surface area (Å²) >= 11 is 0. The molecule has 0 bridgehead atoms. The smallest absolute Gasteiger partial charge is 0.251 e. The maximum Gasteiger partial charge on any atom is 0.251 e. The van der Waals surface area contributed by atoms with E-state index in [4.69, 9.17) is 0 Å². The molecule has 4 N–H and O–H groups in total. The average Bonchev–Trinajstić information content (AvgIpc) is 3.22. The Morgan fingerprint density at radius 3 is 0.774 bits per heavy atom. The highest BCUT2D eigenvalue weighted by Gasteiger charge is 2.24. The Balaban J connectivity index is 1.09. The Labute approximate surface area is 369 Å². The highest BCUT2D eigenvalue weighted by atomic mass is 16.2. The van der Waals surface area contributed by atoms with Crippen molar-refractivity contribution in [3.63, 3.8) is 0 Å². The van der Waals surface area contributed by atoms with Crippen LogP contribution in [0.3, 0.4) is 0 Å². The number of benzene rings is 5. The number of rotatable bonds is 12. The molecule has 8 nitrogen and oxygen atoms in total. The van der Waals surface area contributed by atoms with E-state index in [0.717, 1.165) is 44.5 Å². The van der Waals surface area contributed by atoms with Crippen molar-refractivity contribution < 1.29 is 19.2 Å². The number of nitrogens with one attached hydrogen (secondary N) is 4. The van der Waals surface area contributed by atoms with Gasteiger partial charge in [-0.05, 0) is 109 Å². The van der Waals surface area contributed by atoms with Crippen LogP contribution < -0.4 is 21.3 Å². The van der Waals surface area contributed by atoms with Crippen molar-refractivity contribution in [3.05, 3.63) is 176 Å². The Morgan fingerprint density at radius 2 is 0.548 bits per heavy atom. The summed E-state index contributed by atoms with van der Waals surface area (Å²) in [5, 5.41) is 12.0. The van der Waals surface area contributed by atoms with Crippen LogP contribution in [0.2, 0.25) is 0 Å². The first-order valence-electron chi connectivity index (χ1n) is 21.6. The SMILES string of the molecule is CC(C)(C)c1cc(C(=O)NCc2ccc(CNC(=O)c3cccc(C(=O)NCc4ccc(CNC(=O)c5cc(C(C)(C)C)cc(C(C)(C)C)c5)cc4)c3)cc2)cc(C(C)(C)C)c1. The average molecular weight is 835 g/mol. The summed E-state index contributed by atoms with van der Waals surface area (Å²) in [6.07, 6.45) is 0. The quantitative estimate of drug-likeness (QED) is 0.100. The lowest BCUT2D eigenvalue weighted by atomic mass is 9.79. The van der Waals surface area contributed by atoms with Gasteiger partial charge in [0.2, 0.25) is 0 Å². The summed E-state index contributed by atoms with van der Waals surface area (Å²) in [6.45, 7) is 27.2. The molecule has 0 unspecified atom stereocenters. The molecule has 5 aromatic rings. The van der Waals surface area contributed by atoms with Gasteiger partial charge in [0.25, 0.3) is 23.6 Å². The Morgan fingerprint density at radius 1 is 0.323 bits per heavy atom. The molecule has 0 aromatic heterocycles. The molecule has 0 radical (unpaired) electrons. The predicted octanol–water partition coefficient (Wildman–Crippen LogP) is 10.6. The fraction of sp³-hybridized carbons (Fsp3) is 0.370. The van der Waals surface area contributed by atoms with E-state index in [1.54, 1.807) is 24.3 Å². The first-order valence-corrected chi connectivity index (χ1v) is 21.6. The van der Waals surface area contributed by atoms with Gasteiger partial charge < -0.3 is 21.3 Å². The van der Waals surface area contributed by atoms with Crippen LogP contribution in [0.15, 0.2) is 109 Å². The summed E-state index contributed by atoms with van der Waals surface area (Å²) in [5.41, 5.74) is 9.95. The topological polar surface area (TPSA) is 116 Å². The molecule has 326 valence electrons. The molecular weight excluding hydrogens is 769 g/mol. The maximum atomic E-state index is 13.3. The minimum absolute atomic E-state index is 0.0860. The zero-order valence-corrected chi connectivity index (χ0v) is 38.9. The second-order valence-corrected chi connectivity index (χ2v) is 20.5. The number of carbonyl (C=O) groups excluding carboxylic acids is 4. The second kappa shape index (κ2) is 18.9. The van der Waals surface area contributed by atoms with Crippen molar-refractivity contribution >= 4 is 23.6 Å². The van der Waals surface area contributed by atoms with Crippen LogP contribution in [-0.2, 0) is 47.8 Å². The number of hydrogen-bond donors (Lipinski definition) is 4. The molecule has 5 rings (SSSR count). The summed E-state index contributed by atoms with van der Waals surface area (Å²) in [7, 11) is 0. The largest absolute Gasteiger partial charge is 0.348 e. The molecule has 5 aromatic carbocycles. The van der Waals surface area contributed by atoms with Gasteiger partial charge in [0.05, 0.1) is 0 Å². The molecule has 0 aliphatic rings. The second-order valence-electron chi connectivity index (χ2n) is 20.5. The standard InChI is InChI=1S/C54H66N4O4/c1-51(2,3)43-25-41(26-44(29-43)52(4,5)6)49(61)57-33-37-20-16-35(17-21-37)31-55-47(59)39-14-13-15-40(24-39)48(60)56-32-36-18-22-38(23-19-36)34-58-50(62)42-27-45(53(7,8)9)30-46(28-42)54(10,11)12/h13-30H,31-34H2,1-12H3,(H,55,59)(H,56,60)(H,57,61)(H,58,62). The van der Waals surface area contributed by atoms with Crippen molar-refractivity contribution in [1.29, 1.82) is 0 Å². The van der Waals surface area contributed by atoms with Crippen LogP contribution in [0.5, 0.6) is 0 Å². The molecular formula is C54H66N4O4. The van der Waals surface area contributed by atoms with Crippen molar-refractivity contribution in [2.75, 3.05) is 0 Å². The lowest BCUT2D eigenvalue weighted by Crippen LogP contribution is -2.26. The van der Waals surface area contributed by atoms with Crippen molar-refractivity contribution in [2.24, 2.45) is 0 Å². The summed E-state index contributed by atoms with van der Waals surface area (Å²) < 4.78 is 0. The van der Waals surface area contributed by atoms with Gasteiger partial charge in [0.1, 0.15) is 0 Å². The van der Waals surface area contributed by atoms with Crippen LogP contribution >= 0.6 is 0 Å². The van der Waals surface area contributed by atoms with Crippen LogP contribution in [0.25, 0.3) is 0 Å². The predicted molar refractivity (Wildman–Crippen MR) is 252 cm³/mol. The lowest BCUT2D eigenvalue weighted by molar-refractivity contribution is 0.0938. The maximum absolute atomic E-state index is 13.3. The lowest BCUT2D eigenvalue weighted by Gasteiger charge is -2.26. The minimum atomic E-state index is -0.290. The van der Waals surface area contributed by atoms with Crippen molar-refractivity contribution in [1.82, 2.24) is 21.3 Å². The van der Waals surface area contributed by atoms with Gasteiger partial charge in [0.15, 0.2) is 0 Å². The van der Waals surface area contributed by atoms with Gasteiger partial charge >= 0.3 is 0 Å². The molecule has 0 saturated heterocycles. The molecule has 8 heteroatoms. The molecule has 0 atom stereocenters. The fourth-order valence-electron chi connectivity index (χ4n) is 6.74. The Bertz CT molecular complexity index is 2170. The molecule has 0 heterocycles. The van der Waals surface area contributed by atoms with E-state index in [1.165, 1.54) is 0 Å². The van der Waals surface area contributed by atoms with E-state index in [1.807, 2.05) is 72.8 Å². The van der Waals surface area contributed by atoms with E-state index in [0.29, 0.717) is 48.4 Å². The molecule has 0 spiro atoms. The number of amides is 4. The zero-order valence-electron chi connectivity index (χ0n) is 38.9. The molecule has 0 fully saturated rings. The van der Waals surface area contributed by atoms with E-state index in [-0.39, 0.29) is 45.3 Å². The first kappa shape index (κ1) is 47.0. The van der Waals surface area contributed by atoms with Crippen molar-refractivity contribution in [3.8, 4) is 0 Å². The Hall–Kier alpha value is -6.02. The summed E-state index contributed by atoms with van der Waals surface area (Å²) in [6, 6.07) is 34.5. The third kappa shape index (κ3) is 13.0. The molecule has 4 amide bonds. The molecule has 0 saturated carbocycles. The third-order valence-electron chi connectivity index (χ3n) is 11.1. The van der Waals surface area contributed by atoms with Crippen LogP contribution in [0.4, 0.5) is 0 Å². The molecule has 0 aliphatic heterocycles.